The summed E-state index contributed by atoms with van der Waals surface area (Å²) < 4.78 is 5.81. The van der Waals surface area contributed by atoms with Crippen LogP contribution in [0.15, 0.2) is 72.8 Å². The highest BCUT2D eigenvalue weighted by Gasteiger charge is 2.13. The van der Waals surface area contributed by atoms with E-state index in [9.17, 15) is 9.59 Å². The topological polar surface area (TPSA) is 67.4 Å². The average Bonchev–Trinajstić information content (AvgIpc) is 2.66. The minimum atomic E-state index is -0.437. The molecule has 0 saturated heterocycles. The number of halogens is 1. The Labute approximate surface area is 168 Å². The molecule has 0 saturated carbocycles. The third-order valence-corrected chi connectivity index (χ3v) is 4.15. The Morgan fingerprint density at radius 3 is 2.21 bits per heavy atom. The summed E-state index contributed by atoms with van der Waals surface area (Å²) >= 11 is 5.91. The van der Waals surface area contributed by atoms with Crippen molar-refractivity contribution < 1.29 is 14.3 Å². The second kappa shape index (κ2) is 9.06. The minimum Gasteiger partial charge on any atom is -0.455 e. The molecule has 0 aromatic heterocycles. The predicted octanol–water partition coefficient (Wildman–Crippen LogP) is 5.41. The summed E-state index contributed by atoms with van der Waals surface area (Å²) in [6, 6.07) is 21.4. The smallest absolute Gasteiger partial charge is 0.233 e. The number of rotatable bonds is 6. The molecule has 0 aliphatic heterocycles. The van der Waals surface area contributed by atoms with Crippen LogP contribution < -0.4 is 15.4 Å². The number of anilines is 2. The molecule has 0 unspecified atom stereocenters. The van der Waals surface area contributed by atoms with Gasteiger partial charge < -0.3 is 15.4 Å². The number of carbonyl (C=O) groups excluding carboxylic acids is 2. The number of ether oxygens (including phenoxy) is 1. The van der Waals surface area contributed by atoms with Crippen molar-refractivity contribution in [3.05, 3.63) is 83.4 Å². The lowest BCUT2D eigenvalue weighted by molar-refractivity contribution is -0.123. The Morgan fingerprint density at radius 1 is 0.857 bits per heavy atom. The van der Waals surface area contributed by atoms with E-state index >= 15 is 0 Å². The van der Waals surface area contributed by atoms with Gasteiger partial charge in [0.15, 0.2) is 5.75 Å². The zero-order valence-electron chi connectivity index (χ0n) is 15.2. The number of carbonyl (C=O) groups is 2. The summed E-state index contributed by atoms with van der Waals surface area (Å²) in [5, 5.41) is 6.03. The van der Waals surface area contributed by atoms with E-state index in [0.717, 1.165) is 5.56 Å². The molecule has 3 rings (SSSR count). The molecule has 3 aromatic rings. The van der Waals surface area contributed by atoms with Gasteiger partial charge in [-0.3, -0.25) is 9.59 Å². The first-order chi connectivity index (χ1) is 13.5. The molecule has 0 fully saturated rings. The Bertz CT molecular complexity index is 990. The molecule has 0 atom stereocenters. The molecule has 142 valence electrons. The predicted molar refractivity (Wildman–Crippen MR) is 111 cm³/mol. The van der Waals surface area contributed by atoms with Crippen LogP contribution in [0, 0.1) is 6.92 Å². The molecule has 3 aromatic carbocycles. The first kappa shape index (κ1) is 19.5. The van der Waals surface area contributed by atoms with Crippen molar-refractivity contribution in [2.24, 2.45) is 0 Å². The van der Waals surface area contributed by atoms with E-state index in [4.69, 9.17) is 16.3 Å². The fourth-order valence-electron chi connectivity index (χ4n) is 2.58. The second-order valence-electron chi connectivity index (χ2n) is 6.14. The normalized spacial score (nSPS) is 10.2. The lowest BCUT2D eigenvalue weighted by atomic mass is 10.2. The van der Waals surface area contributed by atoms with Crippen LogP contribution in [0.2, 0.25) is 5.02 Å². The minimum absolute atomic E-state index is 0.318. The van der Waals surface area contributed by atoms with E-state index in [1.165, 1.54) is 0 Å². The number of para-hydroxylation sites is 3. The van der Waals surface area contributed by atoms with Gasteiger partial charge in [-0.1, -0.05) is 41.9 Å². The molecule has 0 heterocycles. The Balaban J connectivity index is 1.62. The molecule has 2 amide bonds. The molecular formula is C22H19ClN2O3. The molecular weight excluding hydrogens is 376 g/mol. The van der Waals surface area contributed by atoms with E-state index < -0.39 is 11.8 Å². The van der Waals surface area contributed by atoms with Crippen molar-refractivity contribution in [1.29, 1.82) is 0 Å². The van der Waals surface area contributed by atoms with Gasteiger partial charge in [-0.15, -0.1) is 0 Å². The van der Waals surface area contributed by atoms with Gasteiger partial charge in [0.25, 0.3) is 0 Å². The van der Waals surface area contributed by atoms with Gasteiger partial charge in [0.2, 0.25) is 11.8 Å². The number of aryl methyl sites for hydroxylation is 1. The summed E-state index contributed by atoms with van der Waals surface area (Å²) in [7, 11) is 0. The van der Waals surface area contributed by atoms with Crippen LogP contribution in [0.3, 0.4) is 0 Å². The fraction of sp³-hybridized carbons (Fsp3) is 0.0909. The van der Waals surface area contributed by atoms with Crippen molar-refractivity contribution >= 4 is 34.8 Å². The number of hydrogen-bond donors (Lipinski definition) is 2. The van der Waals surface area contributed by atoms with E-state index in [0.29, 0.717) is 27.9 Å². The zero-order chi connectivity index (χ0) is 19.9. The van der Waals surface area contributed by atoms with Crippen molar-refractivity contribution in [1.82, 2.24) is 0 Å². The number of hydrogen-bond acceptors (Lipinski definition) is 3. The maximum atomic E-state index is 12.3. The number of amides is 2. The highest BCUT2D eigenvalue weighted by Crippen LogP contribution is 2.29. The standard InChI is InChI=1S/C22H19ClN2O3/c1-15-13-16(23)11-12-18(15)24-21(26)14-22(27)25-19-9-5-6-10-20(19)28-17-7-3-2-4-8-17/h2-13H,14H2,1H3,(H,24,26)(H,25,27). The first-order valence-electron chi connectivity index (χ1n) is 8.69. The maximum Gasteiger partial charge on any atom is 0.233 e. The summed E-state index contributed by atoms with van der Waals surface area (Å²) in [5.41, 5.74) is 1.93. The van der Waals surface area contributed by atoms with E-state index in [1.807, 2.05) is 43.3 Å². The van der Waals surface area contributed by atoms with E-state index in [1.54, 1.807) is 36.4 Å². The zero-order valence-corrected chi connectivity index (χ0v) is 16.0. The number of benzene rings is 3. The highest BCUT2D eigenvalue weighted by molar-refractivity contribution is 6.30. The molecule has 6 heteroatoms. The van der Waals surface area contributed by atoms with Gasteiger partial charge in [0, 0.05) is 10.7 Å². The Kier molecular flexibility index (Phi) is 6.29. The van der Waals surface area contributed by atoms with Crippen LogP contribution in [-0.2, 0) is 9.59 Å². The quantitative estimate of drug-likeness (QED) is 0.549. The molecule has 5 nitrogen and oxygen atoms in total. The van der Waals surface area contributed by atoms with Gasteiger partial charge in [-0.25, -0.2) is 0 Å². The van der Waals surface area contributed by atoms with Crippen LogP contribution in [0.4, 0.5) is 11.4 Å². The van der Waals surface area contributed by atoms with Crippen molar-refractivity contribution in [2.45, 2.75) is 13.3 Å². The van der Waals surface area contributed by atoms with E-state index in [-0.39, 0.29) is 6.42 Å². The maximum absolute atomic E-state index is 12.3. The van der Waals surface area contributed by atoms with Crippen molar-refractivity contribution in [2.75, 3.05) is 10.6 Å². The largest absolute Gasteiger partial charge is 0.455 e. The van der Waals surface area contributed by atoms with Gasteiger partial charge >= 0.3 is 0 Å². The van der Waals surface area contributed by atoms with Crippen LogP contribution in [-0.4, -0.2) is 11.8 Å². The van der Waals surface area contributed by atoms with Gasteiger partial charge in [-0.05, 0) is 55.0 Å². The van der Waals surface area contributed by atoms with Crippen LogP contribution in [0.25, 0.3) is 0 Å². The van der Waals surface area contributed by atoms with Gasteiger partial charge in [0.05, 0.1) is 5.69 Å². The summed E-state index contributed by atoms with van der Waals surface area (Å²) in [4.78, 5) is 24.5. The van der Waals surface area contributed by atoms with Gasteiger partial charge in [-0.2, -0.15) is 0 Å². The van der Waals surface area contributed by atoms with Crippen molar-refractivity contribution in [3.63, 3.8) is 0 Å². The molecule has 28 heavy (non-hydrogen) atoms. The Morgan fingerprint density at radius 2 is 1.50 bits per heavy atom. The number of nitrogens with one attached hydrogen (secondary N) is 2. The third kappa shape index (κ3) is 5.34. The molecule has 2 N–H and O–H groups in total. The van der Waals surface area contributed by atoms with Crippen LogP contribution in [0.5, 0.6) is 11.5 Å². The summed E-state index contributed by atoms with van der Waals surface area (Å²) in [6.07, 6.45) is -0.318. The molecule has 0 aliphatic carbocycles. The lowest BCUT2D eigenvalue weighted by Crippen LogP contribution is -2.22. The van der Waals surface area contributed by atoms with E-state index in [2.05, 4.69) is 10.6 Å². The second-order valence-corrected chi connectivity index (χ2v) is 6.58. The molecule has 0 radical (unpaired) electrons. The summed E-state index contributed by atoms with van der Waals surface area (Å²) in [5.74, 6) is 0.300. The van der Waals surface area contributed by atoms with Crippen LogP contribution in [0.1, 0.15) is 12.0 Å². The SMILES string of the molecule is Cc1cc(Cl)ccc1NC(=O)CC(=O)Nc1ccccc1Oc1ccccc1. The van der Waals surface area contributed by atoms with Crippen molar-refractivity contribution in [3.8, 4) is 11.5 Å². The molecule has 0 spiro atoms. The lowest BCUT2D eigenvalue weighted by Gasteiger charge is -2.12. The average molecular weight is 395 g/mol. The van der Waals surface area contributed by atoms with Gasteiger partial charge in [0.1, 0.15) is 12.2 Å². The monoisotopic (exact) mass is 394 g/mol. The highest BCUT2D eigenvalue weighted by atomic mass is 35.5. The molecule has 0 aliphatic rings. The molecule has 0 bridgehead atoms. The third-order valence-electron chi connectivity index (χ3n) is 3.92. The Hall–Kier alpha value is -3.31. The van der Waals surface area contributed by atoms with Crippen LogP contribution >= 0.6 is 11.6 Å². The summed E-state index contributed by atoms with van der Waals surface area (Å²) in [6.45, 7) is 1.83. The first-order valence-corrected chi connectivity index (χ1v) is 9.07. The fourth-order valence-corrected chi connectivity index (χ4v) is 2.80.